The highest BCUT2D eigenvalue weighted by atomic mass is 32.1. The minimum atomic E-state index is 0.0557. The van der Waals surface area contributed by atoms with Gasteiger partial charge >= 0.3 is 4.87 Å². The number of thiazole rings is 1. The first kappa shape index (κ1) is 13.2. The minimum Gasteiger partial charge on any atom is -0.297 e. The summed E-state index contributed by atoms with van der Waals surface area (Å²) in [5.74, 6) is 0.648. The Morgan fingerprint density at radius 1 is 1.27 bits per heavy atom. The molecule has 0 spiro atoms. The average molecular weight is 307 g/mol. The van der Waals surface area contributed by atoms with Gasteiger partial charge in [-0.3, -0.25) is 9.36 Å². The van der Waals surface area contributed by atoms with Gasteiger partial charge in [0.1, 0.15) is 4.83 Å². The molecule has 5 heteroatoms. The first-order chi connectivity index (χ1) is 10.8. The number of nitriles is 1. The lowest BCUT2D eigenvalue weighted by Crippen LogP contribution is -2.13. The zero-order valence-electron chi connectivity index (χ0n) is 11.8. The maximum absolute atomic E-state index is 12.2. The van der Waals surface area contributed by atoms with Gasteiger partial charge < -0.3 is 0 Å². The van der Waals surface area contributed by atoms with Gasteiger partial charge in [-0.2, -0.15) is 5.26 Å². The normalized spacial score (nSPS) is 14.1. The Labute approximate surface area is 131 Å². The number of fused-ring (bicyclic) bond motifs is 1. The maximum Gasteiger partial charge on any atom is 0.309 e. The van der Waals surface area contributed by atoms with Gasteiger partial charge in [0, 0.05) is 12.1 Å². The predicted molar refractivity (Wildman–Crippen MR) is 86.8 cm³/mol. The van der Waals surface area contributed by atoms with E-state index in [1.54, 1.807) is 6.07 Å². The van der Waals surface area contributed by atoms with E-state index in [2.05, 4.69) is 11.1 Å². The van der Waals surface area contributed by atoms with Crippen LogP contribution in [0.4, 0.5) is 0 Å². The van der Waals surface area contributed by atoms with Crippen molar-refractivity contribution < 1.29 is 0 Å². The van der Waals surface area contributed by atoms with Crippen molar-refractivity contribution in [2.75, 3.05) is 0 Å². The molecule has 1 aliphatic carbocycles. The number of pyridine rings is 1. The van der Waals surface area contributed by atoms with Crippen LogP contribution in [0.5, 0.6) is 0 Å². The molecule has 0 amide bonds. The number of benzene rings is 1. The fraction of sp³-hybridized carbons (Fsp3) is 0.235. The van der Waals surface area contributed by atoms with E-state index >= 15 is 0 Å². The fourth-order valence-electron chi connectivity index (χ4n) is 2.64. The second-order valence-electron chi connectivity index (χ2n) is 5.60. The van der Waals surface area contributed by atoms with Crippen molar-refractivity contribution in [3.63, 3.8) is 0 Å². The Morgan fingerprint density at radius 3 is 2.86 bits per heavy atom. The summed E-state index contributed by atoms with van der Waals surface area (Å²) < 4.78 is 1.84. The summed E-state index contributed by atoms with van der Waals surface area (Å²) in [5.41, 5.74) is 3.05. The lowest BCUT2D eigenvalue weighted by molar-refractivity contribution is 0.636. The van der Waals surface area contributed by atoms with Gasteiger partial charge in [0.25, 0.3) is 0 Å². The van der Waals surface area contributed by atoms with Gasteiger partial charge in [-0.15, -0.1) is 0 Å². The first-order valence-corrected chi connectivity index (χ1v) is 8.08. The summed E-state index contributed by atoms with van der Waals surface area (Å²) in [6.07, 6.45) is 2.43. The van der Waals surface area contributed by atoms with Crippen LogP contribution in [0, 0.1) is 17.2 Å². The Bertz CT molecular complexity index is 960. The van der Waals surface area contributed by atoms with Crippen molar-refractivity contribution in [3.05, 3.63) is 51.6 Å². The number of hydrogen-bond donors (Lipinski definition) is 0. The Balaban J connectivity index is 1.85. The topological polar surface area (TPSA) is 58.7 Å². The van der Waals surface area contributed by atoms with Crippen LogP contribution in [-0.2, 0) is 6.54 Å². The second kappa shape index (κ2) is 5.08. The fourth-order valence-corrected chi connectivity index (χ4v) is 3.51. The van der Waals surface area contributed by atoms with E-state index in [4.69, 9.17) is 0 Å². The molecule has 1 aliphatic rings. The molecule has 3 aromatic rings. The van der Waals surface area contributed by atoms with E-state index in [9.17, 15) is 10.1 Å². The third-order valence-electron chi connectivity index (χ3n) is 4.00. The largest absolute Gasteiger partial charge is 0.309 e. The Kier molecular flexibility index (Phi) is 3.05. The van der Waals surface area contributed by atoms with E-state index in [1.165, 1.54) is 24.2 Å². The molecule has 1 aromatic carbocycles. The Hall–Kier alpha value is -2.45. The highest BCUT2D eigenvalue weighted by molar-refractivity contribution is 7.16. The zero-order valence-corrected chi connectivity index (χ0v) is 12.6. The SMILES string of the molecule is N#Cc1ccccc1-c1ccc2c(n1)sc(=O)n2CC1CC1. The van der Waals surface area contributed by atoms with Crippen LogP contribution in [0.3, 0.4) is 0 Å². The van der Waals surface area contributed by atoms with Crippen molar-refractivity contribution in [1.82, 2.24) is 9.55 Å². The first-order valence-electron chi connectivity index (χ1n) is 7.26. The highest BCUT2D eigenvalue weighted by Crippen LogP contribution is 2.32. The monoisotopic (exact) mass is 307 g/mol. The lowest BCUT2D eigenvalue weighted by Gasteiger charge is -2.05. The van der Waals surface area contributed by atoms with Crippen molar-refractivity contribution in [2.45, 2.75) is 19.4 Å². The molecule has 0 N–H and O–H groups in total. The average Bonchev–Trinajstić information content (AvgIpc) is 3.31. The molecule has 0 saturated heterocycles. The van der Waals surface area contributed by atoms with Gasteiger partial charge in [0.05, 0.1) is 22.8 Å². The number of aromatic nitrogens is 2. The van der Waals surface area contributed by atoms with Gasteiger partial charge in [-0.25, -0.2) is 4.98 Å². The molecule has 0 bridgehead atoms. The van der Waals surface area contributed by atoms with Gasteiger partial charge in [-0.05, 0) is 37.0 Å². The van der Waals surface area contributed by atoms with Crippen LogP contribution in [0.25, 0.3) is 21.6 Å². The van der Waals surface area contributed by atoms with Gasteiger partial charge in [-0.1, -0.05) is 29.5 Å². The summed E-state index contributed by atoms with van der Waals surface area (Å²) in [6.45, 7) is 0.800. The van der Waals surface area contributed by atoms with Crippen LogP contribution in [-0.4, -0.2) is 9.55 Å². The molecule has 0 radical (unpaired) electrons. The van der Waals surface area contributed by atoms with Crippen molar-refractivity contribution in [2.24, 2.45) is 5.92 Å². The van der Waals surface area contributed by atoms with E-state index in [0.717, 1.165) is 28.1 Å². The highest BCUT2D eigenvalue weighted by Gasteiger charge is 2.24. The lowest BCUT2D eigenvalue weighted by atomic mass is 10.1. The summed E-state index contributed by atoms with van der Waals surface area (Å²) in [6, 6.07) is 13.4. The maximum atomic E-state index is 12.2. The molecule has 0 aliphatic heterocycles. The third-order valence-corrected chi connectivity index (χ3v) is 4.89. The Morgan fingerprint density at radius 2 is 2.09 bits per heavy atom. The van der Waals surface area contributed by atoms with Crippen molar-refractivity contribution in [1.29, 1.82) is 5.26 Å². The zero-order chi connectivity index (χ0) is 15.1. The molecule has 108 valence electrons. The summed E-state index contributed by atoms with van der Waals surface area (Å²) >= 11 is 1.18. The molecule has 4 rings (SSSR count). The van der Waals surface area contributed by atoms with Crippen LogP contribution in [0.2, 0.25) is 0 Å². The number of hydrogen-bond acceptors (Lipinski definition) is 4. The predicted octanol–water partition coefficient (Wildman–Crippen LogP) is 3.41. The van der Waals surface area contributed by atoms with Crippen LogP contribution in [0.1, 0.15) is 18.4 Å². The van der Waals surface area contributed by atoms with Crippen LogP contribution in [0.15, 0.2) is 41.2 Å². The standard InChI is InChI=1S/C17H13N3OS/c18-9-12-3-1-2-4-13(12)14-7-8-15-16(19-14)22-17(21)20(15)10-11-5-6-11/h1-4,7-8,11H,5-6,10H2. The molecular weight excluding hydrogens is 294 g/mol. The van der Waals surface area contributed by atoms with Crippen LogP contribution >= 0.6 is 11.3 Å². The molecule has 1 fully saturated rings. The van der Waals surface area contributed by atoms with Crippen LogP contribution < -0.4 is 4.87 Å². The van der Waals surface area contributed by atoms with E-state index in [-0.39, 0.29) is 4.87 Å². The quantitative estimate of drug-likeness (QED) is 0.745. The van der Waals surface area contributed by atoms with Gasteiger partial charge in [0.2, 0.25) is 0 Å². The molecule has 2 heterocycles. The number of nitrogens with zero attached hydrogens (tertiary/aromatic N) is 3. The van der Waals surface area contributed by atoms with E-state index in [0.29, 0.717) is 11.5 Å². The molecule has 22 heavy (non-hydrogen) atoms. The molecule has 0 unspecified atom stereocenters. The third kappa shape index (κ3) is 2.22. The molecule has 1 saturated carbocycles. The molecular formula is C17H13N3OS. The molecule has 4 nitrogen and oxygen atoms in total. The van der Waals surface area contributed by atoms with E-state index < -0.39 is 0 Å². The summed E-state index contributed by atoms with van der Waals surface area (Å²) in [7, 11) is 0. The van der Waals surface area contributed by atoms with Crippen molar-refractivity contribution in [3.8, 4) is 17.3 Å². The molecule has 0 atom stereocenters. The summed E-state index contributed by atoms with van der Waals surface area (Å²) in [5, 5.41) is 9.22. The number of rotatable bonds is 3. The summed E-state index contributed by atoms with van der Waals surface area (Å²) in [4.78, 5) is 17.6. The molecule has 2 aromatic heterocycles. The smallest absolute Gasteiger partial charge is 0.297 e. The second-order valence-corrected chi connectivity index (χ2v) is 6.54. The minimum absolute atomic E-state index is 0.0557. The van der Waals surface area contributed by atoms with Gasteiger partial charge in [0.15, 0.2) is 0 Å². The van der Waals surface area contributed by atoms with E-state index in [1.807, 2.05) is 34.9 Å². The van der Waals surface area contributed by atoms with Crippen molar-refractivity contribution >= 4 is 21.7 Å².